The van der Waals surface area contributed by atoms with Crippen LogP contribution in [0.5, 0.6) is 17.2 Å². The molecule has 1 aromatic heterocycles. The van der Waals surface area contributed by atoms with Crippen molar-refractivity contribution in [3.05, 3.63) is 64.3 Å². The summed E-state index contributed by atoms with van der Waals surface area (Å²) in [5, 5.41) is 4.60. The van der Waals surface area contributed by atoms with E-state index in [1.165, 1.54) is 10.2 Å². The van der Waals surface area contributed by atoms with Gasteiger partial charge >= 0.3 is 5.69 Å². The highest BCUT2D eigenvalue weighted by Gasteiger charge is 2.25. The Hall–Kier alpha value is -3.26. The zero-order chi connectivity index (χ0) is 21.2. The molecule has 0 aliphatic carbocycles. The van der Waals surface area contributed by atoms with E-state index >= 15 is 0 Å². The van der Waals surface area contributed by atoms with Crippen molar-refractivity contribution in [1.29, 1.82) is 0 Å². The van der Waals surface area contributed by atoms with Gasteiger partial charge in [-0.3, -0.25) is 9.88 Å². The van der Waals surface area contributed by atoms with Crippen LogP contribution in [0.2, 0.25) is 0 Å². The van der Waals surface area contributed by atoms with Crippen LogP contribution < -0.4 is 19.9 Å². The third-order valence-electron chi connectivity index (χ3n) is 5.86. The molecule has 31 heavy (non-hydrogen) atoms. The van der Waals surface area contributed by atoms with Crippen molar-refractivity contribution in [2.24, 2.45) is 0 Å². The molecule has 3 aromatic rings. The van der Waals surface area contributed by atoms with Gasteiger partial charge in [-0.05, 0) is 61.3 Å². The number of hydrogen-bond donors (Lipinski definition) is 1. The standard InChI is InChI=1S/C23H26N4O4/c1-29-19-7-5-18(6-8-19)27-23(28)24-22(25-27)17-3-2-10-26(15-17)14-16-4-9-20-21(13-16)31-12-11-30-20/h4-9,13,17H,2-3,10-12,14-15H2,1H3,(H,24,25,28)/t17-/m0/s1. The molecule has 0 amide bonds. The SMILES string of the molecule is COc1ccc(-n2nc([C@H]3CCCN(Cc4ccc5c(c4)OCCO5)C3)[nH]c2=O)cc1. The van der Waals surface area contributed by atoms with Crippen LogP contribution >= 0.6 is 0 Å². The molecule has 1 atom stereocenters. The Balaban J connectivity index is 1.30. The van der Waals surface area contributed by atoms with Gasteiger partial charge in [-0.1, -0.05) is 6.07 Å². The molecule has 2 aliphatic heterocycles. The van der Waals surface area contributed by atoms with Gasteiger partial charge in [0.1, 0.15) is 24.8 Å². The van der Waals surface area contributed by atoms with Gasteiger partial charge in [-0.2, -0.15) is 4.68 Å². The van der Waals surface area contributed by atoms with Crippen LogP contribution in [0.4, 0.5) is 0 Å². The number of likely N-dealkylation sites (tertiary alicyclic amines) is 1. The fourth-order valence-electron chi connectivity index (χ4n) is 4.29. The number of rotatable bonds is 5. The fraction of sp³-hybridized carbons (Fsp3) is 0.391. The van der Waals surface area contributed by atoms with Crippen molar-refractivity contribution >= 4 is 0 Å². The van der Waals surface area contributed by atoms with E-state index in [1.54, 1.807) is 7.11 Å². The number of hydrogen-bond acceptors (Lipinski definition) is 6. The van der Waals surface area contributed by atoms with Gasteiger partial charge in [-0.25, -0.2) is 4.79 Å². The molecule has 5 rings (SSSR count). The molecular weight excluding hydrogens is 396 g/mol. The van der Waals surface area contributed by atoms with Gasteiger partial charge < -0.3 is 14.2 Å². The Labute approximate surface area is 180 Å². The second-order valence-corrected chi connectivity index (χ2v) is 7.98. The van der Waals surface area contributed by atoms with E-state index in [0.29, 0.717) is 13.2 Å². The highest BCUT2D eigenvalue weighted by atomic mass is 16.6. The number of H-pyrrole nitrogens is 1. The number of ether oxygens (including phenoxy) is 3. The lowest BCUT2D eigenvalue weighted by Gasteiger charge is -2.31. The minimum atomic E-state index is -0.218. The zero-order valence-corrected chi connectivity index (χ0v) is 17.5. The summed E-state index contributed by atoms with van der Waals surface area (Å²) in [7, 11) is 1.62. The number of nitrogens with one attached hydrogen (secondary N) is 1. The van der Waals surface area contributed by atoms with E-state index in [2.05, 4.69) is 27.1 Å². The highest BCUT2D eigenvalue weighted by molar-refractivity contribution is 5.43. The second kappa shape index (κ2) is 8.47. The normalized spacial score (nSPS) is 18.7. The summed E-state index contributed by atoms with van der Waals surface area (Å²) in [5.41, 5.74) is 1.70. The molecular formula is C23H26N4O4. The third kappa shape index (κ3) is 4.16. The summed E-state index contributed by atoms with van der Waals surface area (Å²) in [6.45, 7) is 3.89. The number of methoxy groups -OCH3 is 1. The van der Waals surface area contributed by atoms with Crippen LogP contribution in [0.1, 0.15) is 30.1 Å². The smallest absolute Gasteiger partial charge is 0.348 e. The number of benzene rings is 2. The van der Waals surface area contributed by atoms with Gasteiger partial charge in [0.2, 0.25) is 0 Å². The summed E-state index contributed by atoms with van der Waals surface area (Å²) in [5.74, 6) is 3.31. The van der Waals surface area contributed by atoms with Gasteiger partial charge in [0, 0.05) is 19.0 Å². The van der Waals surface area contributed by atoms with Gasteiger partial charge in [0.25, 0.3) is 0 Å². The summed E-state index contributed by atoms with van der Waals surface area (Å²) in [6, 6.07) is 13.5. The summed E-state index contributed by atoms with van der Waals surface area (Å²) in [4.78, 5) is 17.9. The molecule has 1 N–H and O–H groups in total. The van der Waals surface area contributed by atoms with E-state index in [9.17, 15) is 4.79 Å². The van der Waals surface area contributed by atoms with E-state index in [0.717, 1.165) is 61.2 Å². The Morgan fingerprint density at radius 1 is 1.13 bits per heavy atom. The Morgan fingerprint density at radius 3 is 2.74 bits per heavy atom. The highest BCUT2D eigenvalue weighted by Crippen LogP contribution is 2.32. The second-order valence-electron chi connectivity index (χ2n) is 7.98. The maximum Gasteiger partial charge on any atom is 0.348 e. The first kappa shape index (κ1) is 19.7. The Kier molecular flexibility index (Phi) is 5.38. The molecule has 2 aromatic carbocycles. The molecule has 162 valence electrons. The molecule has 0 radical (unpaired) electrons. The van der Waals surface area contributed by atoms with E-state index < -0.39 is 0 Å². The maximum absolute atomic E-state index is 12.5. The number of fused-ring (bicyclic) bond motifs is 1. The van der Waals surface area contributed by atoms with Crippen LogP contribution in [0, 0.1) is 0 Å². The molecule has 8 nitrogen and oxygen atoms in total. The minimum Gasteiger partial charge on any atom is -0.497 e. The number of nitrogens with zero attached hydrogens (tertiary/aromatic N) is 3. The van der Waals surface area contributed by atoms with Crippen LogP contribution in [0.3, 0.4) is 0 Å². The third-order valence-corrected chi connectivity index (χ3v) is 5.86. The number of piperidine rings is 1. The quantitative estimate of drug-likeness (QED) is 0.681. The van der Waals surface area contributed by atoms with Crippen molar-refractivity contribution < 1.29 is 14.2 Å². The molecule has 1 fully saturated rings. The van der Waals surface area contributed by atoms with E-state index in [1.807, 2.05) is 30.3 Å². The molecule has 3 heterocycles. The molecule has 2 aliphatic rings. The molecule has 0 unspecified atom stereocenters. The molecule has 0 saturated carbocycles. The monoisotopic (exact) mass is 422 g/mol. The van der Waals surface area contributed by atoms with Crippen LogP contribution in [0.25, 0.3) is 5.69 Å². The summed E-state index contributed by atoms with van der Waals surface area (Å²) in [6.07, 6.45) is 2.07. The van der Waals surface area contributed by atoms with Crippen LogP contribution in [0.15, 0.2) is 47.3 Å². The van der Waals surface area contributed by atoms with Crippen LogP contribution in [-0.2, 0) is 6.54 Å². The van der Waals surface area contributed by atoms with Gasteiger partial charge in [-0.15, -0.1) is 5.10 Å². The van der Waals surface area contributed by atoms with Gasteiger partial charge in [0.05, 0.1) is 12.8 Å². The summed E-state index contributed by atoms with van der Waals surface area (Å²) >= 11 is 0. The number of aromatic amines is 1. The number of aromatic nitrogens is 3. The lowest BCUT2D eigenvalue weighted by molar-refractivity contribution is 0.170. The van der Waals surface area contributed by atoms with Crippen molar-refractivity contribution in [1.82, 2.24) is 19.7 Å². The lowest BCUT2D eigenvalue weighted by Crippen LogP contribution is -2.34. The molecule has 0 spiro atoms. The predicted molar refractivity (Wildman–Crippen MR) is 115 cm³/mol. The Morgan fingerprint density at radius 2 is 1.94 bits per heavy atom. The summed E-state index contributed by atoms with van der Waals surface area (Å²) < 4.78 is 17.9. The van der Waals surface area contributed by atoms with E-state index in [4.69, 9.17) is 14.2 Å². The van der Waals surface area contributed by atoms with Crippen molar-refractivity contribution in [2.45, 2.75) is 25.3 Å². The first-order valence-electron chi connectivity index (χ1n) is 10.6. The topological polar surface area (TPSA) is 81.6 Å². The minimum absolute atomic E-state index is 0.193. The first-order chi connectivity index (χ1) is 15.2. The lowest BCUT2D eigenvalue weighted by atomic mass is 9.97. The Bertz CT molecular complexity index is 1110. The average molecular weight is 422 g/mol. The maximum atomic E-state index is 12.5. The van der Waals surface area contributed by atoms with Crippen molar-refractivity contribution in [3.63, 3.8) is 0 Å². The average Bonchev–Trinajstić information content (AvgIpc) is 3.21. The predicted octanol–water partition coefficient (Wildman–Crippen LogP) is 2.72. The molecule has 1 saturated heterocycles. The molecule has 8 heteroatoms. The zero-order valence-electron chi connectivity index (χ0n) is 17.5. The molecule has 0 bridgehead atoms. The van der Waals surface area contributed by atoms with Crippen LogP contribution in [-0.4, -0.2) is 53.1 Å². The fourth-order valence-corrected chi connectivity index (χ4v) is 4.29. The van der Waals surface area contributed by atoms with E-state index in [-0.39, 0.29) is 11.6 Å². The van der Waals surface area contributed by atoms with Gasteiger partial charge in [0.15, 0.2) is 11.5 Å². The largest absolute Gasteiger partial charge is 0.497 e. The van der Waals surface area contributed by atoms with Crippen molar-refractivity contribution in [2.75, 3.05) is 33.4 Å². The van der Waals surface area contributed by atoms with Crippen molar-refractivity contribution in [3.8, 4) is 22.9 Å². The first-order valence-corrected chi connectivity index (χ1v) is 10.6.